The minimum atomic E-state index is 1.07. The van der Waals surface area contributed by atoms with E-state index in [0.717, 1.165) is 12.8 Å². The highest BCUT2D eigenvalue weighted by atomic mass is 13.9. The zero-order valence-electron chi connectivity index (χ0n) is 8.86. The van der Waals surface area contributed by atoms with Gasteiger partial charge in [0.05, 0.1) is 0 Å². The maximum Gasteiger partial charge on any atom is -0.0166 e. The molecule has 1 aliphatic rings. The van der Waals surface area contributed by atoms with E-state index < -0.39 is 0 Å². The second-order valence-electron chi connectivity index (χ2n) is 3.55. The summed E-state index contributed by atoms with van der Waals surface area (Å²) in [5.41, 5.74) is 0. The maximum absolute atomic E-state index is 2.30. The van der Waals surface area contributed by atoms with Crippen LogP contribution in [0.25, 0.3) is 0 Å². The van der Waals surface area contributed by atoms with Crippen molar-refractivity contribution in [3.05, 3.63) is 48.6 Å². The summed E-state index contributed by atoms with van der Waals surface area (Å²) in [6.45, 7) is 0. The first kappa shape index (κ1) is 11.0. The molecule has 1 aliphatic carbocycles. The highest BCUT2D eigenvalue weighted by molar-refractivity contribution is 5.06. The standard InChI is InChI=1S/C14H20/c1-2-4-6-8-10-12-14-13-11-9-7-5-3-1/h1-4,7-10H,5-6,11-14H2/b3-1+,4-2?,9-7-,10-8-. The van der Waals surface area contributed by atoms with Crippen molar-refractivity contribution < 1.29 is 0 Å². The molecule has 0 amide bonds. The summed E-state index contributed by atoms with van der Waals surface area (Å²) in [6, 6.07) is 0. The molecule has 76 valence electrons. The molecule has 0 spiro atoms. The summed E-state index contributed by atoms with van der Waals surface area (Å²) in [5, 5.41) is 0. The molecule has 0 radical (unpaired) electrons. The normalized spacial score (nSPS) is 26.3. The molecular formula is C14H20. The van der Waals surface area contributed by atoms with E-state index in [1.807, 2.05) is 0 Å². The van der Waals surface area contributed by atoms with E-state index in [-0.39, 0.29) is 0 Å². The Kier molecular flexibility index (Phi) is 6.74. The summed E-state index contributed by atoms with van der Waals surface area (Å²) in [4.78, 5) is 0. The average Bonchev–Trinajstić information content (AvgIpc) is 2.22. The molecule has 0 nitrogen and oxygen atoms in total. The predicted octanol–water partition coefficient (Wildman–Crippen LogP) is 4.57. The first-order valence-corrected chi connectivity index (χ1v) is 5.62. The van der Waals surface area contributed by atoms with E-state index in [4.69, 9.17) is 0 Å². The third kappa shape index (κ3) is 6.47. The molecule has 0 saturated carbocycles. The van der Waals surface area contributed by atoms with Gasteiger partial charge in [-0.05, 0) is 38.5 Å². The van der Waals surface area contributed by atoms with Crippen LogP contribution in [0.2, 0.25) is 0 Å². The summed E-state index contributed by atoms with van der Waals surface area (Å²) >= 11 is 0. The molecule has 0 atom stereocenters. The predicted molar refractivity (Wildman–Crippen MR) is 64.3 cm³/mol. The summed E-state index contributed by atoms with van der Waals surface area (Å²) < 4.78 is 0. The molecule has 14 heavy (non-hydrogen) atoms. The van der Waals surface area contributed by atoms with Crippen LogP contribution < -0.4 is 0 Å². The van der Waals surface area contributed by atoms with Crippen molar-refractivity contribution >= 4 is 0 Å². The Morgan fingerprint density at radius 2 is 1.00 bits per heavy atom. The van der Waals surface area contributed by atoms with Crippen LogP contribution >= 0.6 is 0 Å². The molecule has 0 aliphatic heterocycles. The molecule has 0 heteroatoms. The molecule has 0 aromatic rings. The van der Waals surface area contributed by atoms with E-state index in [9.17, 15) is 0 Å². The van der Waals surface area contributed by atoms with E-state index in [2.05, 4.69) is 48.6 Å². The molecule has 0 heterocycles. The molecule has 0 fully saturated rings. The Labute approximate surface area is 87.7 Å². The summed E-state index contributed by atoms with van der Waals surface area (Å²) in [6.07, 6.45) is 25.0. The number of hydrogen-bond acceptors (Lipinski definition) is 0. The Morgan fingerprint density at radius 1 is 0.500 bits per heavy atom. The van der Waals surface area contributed by atoms with Gasteiger partial charge in [0.15, 0.2) is 0 Å². The largest absolute Gasteiger partial charge is 0.0882 e. The van der Waals surface area contributed by atoms with Crippen LogP contribution in [-0.2, 0) is 0 Å². The molecule has 0 saturated heterocycles. The monoisotopic (exact) mass is 188 g/mol. The van der Waals surface area contributed by atoms with Crippen molar-refractivity contribution in [2.45, 2.75) is 38.5 Å². The zero-order chi connectivity index (χ0) is 9.90. The van der Waals surface area contributed by atoms with E-state index in [1.165, 1.54) is 25.7 Å². The first-order chi connectivity index (χ1) is 7.00. The van der Waals surface area contributed by atoms with Gasteiger partial charge in [0.25, 0.3) is 0 Å². The fourth-order valence-corrected chi connectivity index (χ4v) is 1.42. The van der Waals surface area contributed by atoms with Gasteiger partial charge >= 0.3 is 0 Å². The fourth-order valence-electron chi connectivity index (χ4n) is 1.42. The van der Waals surface area contributed by atoms with E-state index in [1.54, 1.807) is 0 Å². The van der Waals surface area contributed by atoms with Crippen LogP contribution in [-0.4, -0.2) is 0 Å². The molecule has 0 aromatic heterocycles. The van der Waals surface area contributed by atoms with Gasteiger partial charge in [0, 0.05) is 0 Å². The van der Waals surface area contributed by atoms with E-state index in [0.29, 0.717) is 0 Å². The Hall–Kier alpha value is -1.04. The maximum atomic E-state index is 2.30. The highest BCUT2D eigenvalue weighted by Gasteiger charge is 1.83. The van der Waals surface area contributed by atoms with Gasteiger partial charge in [-0.3, -0.25) is 0 Å². The lowest BCUT2D eigenvalue weighted by molar-refractivity contribution is 0.760. The third-order valence-corrected chi connectivity index (χ3v) is 2.25. The average molecular weight is 188 g/mol. The summed E-state index contributed by atoms with van der Waals surface area (Å²) in [7, 11) is 0. The number of hydrogen-bond donors (Lipinski definition) is 0. The van der Waals surface area contributed by atoms with Crippen molar-refractivity contribution in [2.75, 3.05) is 0 Å². The van der Waals surface area contributed by atoms with Crippen LogP contribution in [0, 0.1) is 0 Å². The van der Waals surface area contributed by atoms with Crippen LogP contribution in [0.1, 0.15) is 38.5 Å². The van der Waals surface area contributed by atoms with Gasteiger partial charge in [0.2, 0.25) is 0 Å². The Morgan fingerprint density at radius 3 is 1.50 bits per heavy atom. The molecule has 0 bridgehead atoms. The topological polar surface area (TPSA) is 0 Å². The number of allylic oxidation sites excluding steroid dienone is 8. The van der Waals surface area contributed by atoms with Crippen LogP contribution in [0.3, 0.4) is 0 Å². The van der Waals surface area contributed by atoms with Crippen molar-refractivity contribution in [3.63, 3.8) is 0 Å². The lowest BCUT2D eigenvalue weighted by Gasteiger charge is -1.93. The van der Waals surface area contributed by atoms with Crippen LogP contribution in [0.5, 0.6) is 0 Å². The van der Waals surface area contributed by atoms with Gasteiger partial charge in [-0.1, -0.05) is 48.6 Å². The molecule has 0 aromatic carbocycles. The molecule has 0 N–H and O–H groups in total. The third-order valence-electron chi connectivity index (χ3n) is 2.25. The Balaban J connectivity index is 2.35. The lowest BCUT2D eigenvalue weighted by Crippen LogP contribution is -1.73. The minimum Gasteiger partial charge on any atom is -0.0882 e. The molecular weight excluding hydrogens is 168 g/mol. The quantitative estimate of drug-likeness (QED) is 0.489. The SMILES string of the molecule is C1=CC/C=C\CCCC/C=C\C/C=C/1. The van der Waals surface area contributed by atoms with Crippen LogP contribution in [0.15, 0.2) is 48.6 Å². The van der Waals surface area contributed by atoms with Crippen molar-refractivity contribution in [1.29, 1.82) is 0 Å². The molecule has 1 rings (SSSR count). The van der Waals surface area contributed by atoms with E-state index >= 15 is 0 Å². The second kappa shape index (κ2) is 8.55. The van der Waals surface area contributed by atoms with Gasteiger partial charge in [-0.15, -0.1) is 0 Å². The minimum absolute atomic E-state index is 1.07. The zero-order valence-corrected chi connectivity index (χ0v) is 8.86. The lowest BCUT2D eigenvalue weighted by atomic mass is 10.1. The van der Waals surface area contributed by atoms with Gasteiger partial charge in [-0.25, -0.2) is 0 Å². The summed E-state index contributed by atoms with van der Waals surface area (Å²) in [5.74, 6) is 0. The van der Waals surface area contributed by atoms with Gasteiger partial charge < -0.3 is 0 Å². The van der Waals surface area contributed by atoms with Crippen LogP contribution in [0.4, 0.5) is 0 Å². The second-order valence-corrected chi connectivity index (χ2v) is 3.55. The van der Waals surface area contributed by atoms with Crippen molar-refractivity contribution in [3.8, 4) is 0 Å². The highest BCUT2D eigenvalue weighted by Crippen LogP contribution is 2.03. The first-order valence-electron chi connectivity index (χ1n) is 5.62. The Bertz CT molecular complexity index is 202. The van der Waals surface area contributed by atoms with Gasteiger partial charge in [0.1, 0.15) is 0 Å². The smallest absolute Gasteiger partial charge is 0.0166 e. The van der Waals surface area contributed by atoms with Gasteiger partial charge in [-0.2, -0.15) is 0 Å². The van der Waals surface area contributed by atoms with Crippen molar-refractivity contribution in [1.82, 2.24) is 0 Å². The number of rotatable bonds is 0. The van der Waals surface area contributed by atoms with Crippen molar-refractivity contribution in [2.24, 2.45) is 0 Å². The fraction of sp³-hybridized carbons (Fsp3) is 0.429. The molecule has 0 unspecified atom stereocenters.